The van der Waals surface area contributed by atoms with Crippen molar-refractivity contribution < 1.29 is 23.7 Å². The molecular formula is C26H30N2O5. The molecular weight excluding hydrogens is 420 g/mol. The summed E-state index contributed by atoms with van der Waals surface area (Å²) in [5.41, 5.74) is 1.54. The Morgan fingerprint density at radius 1 is 0.667 bits per heavy atom. The van der Waals surface area contributed by atoms with Crippen molar-refractivity contribution in [3.8, 4) is 17.2 Å². The summed E-state index contributed by atoms with van der Waals surface area (Å²) in [7, 11) is 0. The first-order valence-electron chi connectivity index (χ1n) is 11.0. The van der Waals surface area contributed by atoms with Crippen LogP contribution in [0.2, 0.25) is 0 Å². The molecule has 33 heavy (non-hydrogen) atoms. The van der Waals surface area contributed by atoms with Crippen molar-refractivity contribution >= 4 is 17.3 Å². The van der Waals surface area contributed by atoms with Crippen LogP contribution >= 0.6 is 0 Å². The first-order chi connectivity index (χ1) is 16.2. The fourth-order valence-electron chi connectivity index (χ4n) is 2.89. The van der Waals surface area contributed by atoms with E-state index >= 15 is 0 Å². The molecule has 0 saturated heterocycles. The number of carbonyl (C=O) groups excluding carboxylic acids is 1. The molecule has 3 aromatic rings. The number of benzene rings is 3. The highest BCUT2D eigenvalue weighted by molar-refractivity contribution is 5.93. The van der Waals surface area contributed by atoms with Gasteiger partial charge in [-0.2, -0.15) is 0 Å². The molecule has 0 fully saturated rings. The van der Waals surface area contributed by atoms with E-state index < -0.39 is 0 Å². The molecule has 0 saturated carbocycles. The van der Waals surface area contributed by atoms with Crippen molar-refractivity contribution in [2.75, 3.05) is 50.2 Å². The lowest BCUT2D eigenvalue weighted by Crippen LogP contribution is -2.21. The lowest BCUT2D eigenvalue weighted by Gasteiger charge is -2.11. The molecule has 0 unspecified atom stereocenters. The minimum absolute atomic E-state index is 0.140. The van der Waals surface area contributed by atoms with Gasteiger partial charge < -0.3 is 29.6 Å². The second-order valence-electron chi connectivity index (χ2n) is 7.01. The summed E-state index contributed by atoms with van der Waals surface area (Å²) in [5, 5.41) is 5.96. The van der Waals surface area contributed by atoms with E-state index in [1.807, 2.05) is 85.8 Å². The highest BCUT2D eigenvalue weighted by Crippen LogP contribution is 2.17. The number of amides is 1. The number of hydrogen-bond acceptors (Lipinski definition) is 6. The number of rotatable bonds is 14. The van der Waals surface area contributed by atoms with Crippen molar-refractivity contribution in [3.05, 3.63) is 78.9 Å². The van der Waals surface area contributed by atoms with Crippen molar-refractivity contribution in [3.63, 3.8) is 0 Å². The Morgan fingerprint density at radius 2 is 1.18 bits per heavy atom. The quantitative estimate of drug-likeness (QED) is 0.349. The Bertz CT molecular complexity index is 947. The van der Waals surface area contributed by atoms with E-state index in [2.05, 4.69) is 10.6 Å². The summed E-state index contributed by atoms with van der Waals surface area (Å²) in [6, 6.07) is 24.3. The van der Waals surface area contributed by atoms with Gasteiger partial charge in [-0.3, -0.25) is 4.79 Å². The molecule has 0 spiro atoms. The zero-order valence-electron chi connectivity index (χ0n) is 18.8. The molecule has 7 nitrogen and oxygen atoms in total. The molecule has 3 rings (SSSR count). The third-order valence-corrected chi connectivity index (χ3v) is 4.51. The summed E-state index contributed by atoms with van der Waals surface area (Å²) in [6.07, 6.45) is 0. The van der Waals surface area contributed by atoms with E-state index in [-0.39, 0.29) is 12.5 Å². The second kappa shape index (κ2) is 13.6. The van der Waals surface area contributed by atoms with Crippen molar-refractivity contribution in [2.45, 2.75) is 6.92 Å². The highest BCUT2D eigenvalue weighted by Gasteiger charge is 2.04. The SMILES string of the molecule is CCOCCOc1ccc(NC(=O)CNc2ccc(OCCOc3ccccc3)cc2)cc1. The van der Waals surface area contributed by atoms with Gasteiger partial charge in [-0.25, -0.2) is 0 Å². The maximum atomic E-state index is 12.2. The van der Waals surface area contributed by atoms with Gasteiger partial charge in [0, 0.05) is 18.0 Å². The van der Waals surface area contributed by atoms with E-state index in [1.54, 1.807) is 0 Å². The van der Waals surface area contributed by atoms with Crippen LogP contribution < -0.4 is 24.8 Å². The molecule has 0 radical (unpaired) electrons. The van der Waals surface area contributed by atoms with Gasteiger partial charge in [0.1, 0.15) is 37.1 Å². The van der Waals surface area contributed by atoms with Crippen LogP contribution in [0.1, 0.15) is 6.92 Å². The molecule has 0 aliphatic carbocycles. The van der Waals surface area contributed by atoms with Crippen LogP contribution in [-0.4, -0.2) is 45.5 Å². The standard InChI is InChI=1S/C26H30N2O5/c1-2-30-16-17-31-25-14-10-22(11-15-25)28-26(29)20-27-21-8-12-24(13-9-21)33-19-18-32-23-6-4-3-5-7-23/h3-15,27H,2,16-20H2,1H3,(H,28,29). The van der Waals surface area contributed by atoms with Gasteiger partial charge in [-0.05, 0) is 67.6 Å². The third-order valence-electron chi connectivity index (χ3n) is 4.51. The summed E-state index contributed by atoms with van der Waals surface area (Å²) < 4.78 is 22.1. The number of ether oxygens (including phenoxy) is 4. The molecule has 2 N–H and O–H groups in total. The summed E-state index contributed by atoms with van der Waals surface area (Å²) in [4.78, 5) is 12.2. The van der Waals surface area contributed by atoms with E-state index in [9.17, 15) is 4.79 Å². The molecule has 0 heterocycles. The fraction of sp³-hybridized carbons (Fsp3) is 0.269. The average molecular weight is 451 g/mol. The van der Waals surface area contributed by atoms with Crippen LogP contribution in [-0.2, 0) is 9.53 Å². The van der Waals surface area contributed by atoms with Gasteiger partial charge in [-0.15, -0.1) is 0 Å². The largest absolute Gasteiger partial charge is 0.491 e. The smallest absolute Gasteiger partial charge is 0.243 e. The van der Waals surface area contributed by atoms with Crippen LogP contribution in [0.3, 0.4) is 0 Å². The molecule has 7 heteroatoms. The Balaban J connectivity index is 1.32. The van der Waals surface area contributed by atoms with Gasteiger partial charge in [0.25, 0.3) is 0 Å². The minimum atomic E-state index is -0.140. The Morgan fingerprint density at radius 3 is 1.76 bits per heavy atom. The molecule has 174 valence electrons. The Labute approximate surface area is 194 Å². The zero-order chi connectivity index (χ0) is 23.1. The van der Waals surface area contributed by atoms with Crippen molar-refractivity contribution in [2.24, 2.45) is 0 Å². The lowest BCUT2D eigenvalue weighted by atomic mass is 10.3. The predicted molar refractivity (Wildman–Crippen MR) is 129 cm³/mol. The summed E-state index contributed by atoms with van der Waals surface area (Å²) in [5.74, 6) is 2.16. The minimum Gasteiger partial charge on any atom is -0.491 e. The van der Waals surface area contributed by atoms with E-state index in [0.717, 1.165) is 22.9 Å². The molecule has 0 aliphatic rings. The van der Waals surface area contributed by atoms with Crippen LogP contribution in [0.5, 0.6) is 17.2 Å². The third kappa shape index (κ3) is 9.13. The van der Waals surface area contributed by atoms with Gasteiger partial charge in [-0.1, -0.05) is 18.2 Å². The van der Waals surface area contributed by atoms with Crippen LogP contribution in [0.25, 0.3) is 0 Å². The Kier molecular flexibility index (Phi) is 9.90. The zero-order valence-corrected chi connectivity index (χ0v) is 18.8. The average Bonchev–Trinajstić information content (AvgIpc) is 2.86. The molecule has 1 amide bonds. The van der Waals surface area contributed by atoms with E-state index in [0.29, 0.717) is 38.7 Å². The van der Waals surface area contributed by atoms with Gasteiger partial charge in [0.2, 0.25) is 5.91 Å². The number of anilines is 2. The summed E-state index contributed by atoms with van der Waals surface area (Å²) in [6.45, 7) is 4.72. The maximum absolute atomic E-state index is 12.2. The van der Waals surface area contributed by atoms with Gasteiger partial charge >= 0.3 is 0 Å². The number of carbonyl (C=O) groups is 1. The van der Waals surface area contributed by atoms with Crippen molar-refractivity contribution in [1.29, 1.82) is 0 Å². The van der Waals surface area contributed by atoms with Crippen LogP contribution in [0, 0.1) is 0 Å². The molecule has 3 aromatic carbocycles. The van der Waals surface area contributed by atoms with Crippen LogP contribution in [0.15, 0.2) is 78.9 Å². The first kappa shape index (κ1) is 23.9. The molecule has 0 atom stereocenters. The van der Waals surface area contributed by atoms with Crippen molar-refractivity contribution in [1.82, 2.24) is 0 Å². The molecule has 0 aliphatic heterocycles. The molecule has 0 bridgehead atoms. The van der Waals surface area contributed by atoms with Crippen LogP contribution in [0.4, 0.5) is 11.4 Å². The number of nitrogens with one attached hydrogen (secondary N) is 2. The van der Waals surface area contributed by atoms with Gasteiger partial charge in [0.05, 0.1) is 13.2 Å². The normalized spacial score (nSPS) is 10.3. The Hall–Kier alpha value is -3.71. The van der Waals surface area contributed by atoms with E-state index in [1.165, 1.54) is 0 Å². The topological polar surface area (TPSA) is 78.1 Å². The number of hydrogen-bond donors (Lipinski definition) is 2. The lowest BCUT2D eigenvalue weighted by molar-refractivity contribution is -0.114. The first-order valence-corrected chi connectivity index (χ1v) is 11.0. The summed E-state index contributed by atoms with van der Waals surface area (Å²) >= 11 is 0. The number of para-hydroxylation sites is 1. The van der Waals surface area contributed by atoms with Gasteiger partial charge in [0.15, 0.2) is 0 Å². The predicted octanol–water partition coefficient (Wildman–Crippen LogP) is 4.61. The second-order valence-corrected chi connectivity index (χ2v) is 7.01. The fourth-order valence-corrected chi connectivity index (χ4v) is 2.89. The van der Waals surface area contributed by atoms with E-state index in [4.69, 9.17) is 18.9 Å². The monoisotopic (exact) mass is 450 g/mol. The molecule has 0 aromatic heterocycles. The maximum Gasteiger partial charge on any atom is 0.243 e. The highest BCUT2D eigenvalue weighted by atomic mass is 16.5.